The second-order valence-corrected chi connectivity index (χ2v) is 5.85. The van der Waals surface area contributed by atoms with Crippen molar-refractivity contribution in [3.8, 4) is 11.9 Å². The lowest BCUT2D eigenvalue weighted by Gasteiger charge is -2.08. The van der Waals surface area contributed by atoms with Crippen molar-refractivity contribution in [2.45, 2.75) is 25.7 Å². The molecule has 0 aliphatic heterocycles. The highest BCUT2D eigenvalue weighted by atomic mass is 16.6. The second kappa shape index (κ2) is 11.9. The molecule has 0 amide bonds. The number of rotatable bonds is 10. The minimum atomic E-state index is -0.438. The molecule has 0 unspecified atom stereocenters. The normalized spacial score (nSPS) is 10.8. The Morgan fingerprint density at radius 1 is 1.25 bits per heavy atom. The molecule has 2 aromatic rings. The van der Waals surface area contributed by atoms with Gasteiger partial charge in [0.05, 0.1) is 29.5 Å². The standard InChI is InChI=1S/C19H22N6O3/c20-15-23-19(24-16-7-6-10-21-14-16)22-11-3-1-2-4-12-28-18-9-5-8-17(13-18)25(26)27/h5-10,13-14H,1-4,11-12H2,(H2,22,23,24). The van der Waals surface area contributed by atoms with Crippen LogP contribution >= 0.6 is 0 Å². The molecule has 146 valence electrons. The lowest BCUT2D eigenvalue weighted by molar-refractivity contribution is -0.384. The molecular weight excluding hydrogens is 360 g/mol. The predicted octanol–water partition coefficient (Wildman–Crippen LogP) is 3.28. The number of nitrogens with one attached hydrogen (secondary N) is 2. The van der Waals surface area contributed by atoms with Crippen LogP contribution in [-0.4, -0.2) is 29.0 Å². The number of aliphatic imine (C=N–C) groups is 1. The third kappa shape index (κ3) is 7.70. The first kappa shape index (κ1) is 20.6. The molecule has 0 atom stereocenters. The van der Waals surface area contributed by atoms with Crippen LogP contribution in [0.5, 0.6) is 5.75 Å². The van der Waals surface area contributed by atoms with Crippen molar-refractivity contribution in [2.24, 2.45) is 4.99 Å². The predicted molar refractivity (Wildman–Crippen MR) is 105 cm³/mol. The van der Waals surface area contributed by atoms with Crippen molar-refractivity contribution in [3.05, 3.63) is 58.9 Å². The van der Waals surface area contributed by atoms with E-state index in [0.717, 1.165) is 25.7 Å². The fourth-order valence-electron chi connectivity index (χ4n) is 2.38. The number of ether oxygens (including phenoxy) is 1. The van der Waals surface area contributed by atoms with Crippen LogP contribution in [0, 0.1) is 21.6 Å². The molecule has 0 aliphatic carbocycles. The van der Waals surface area contributed by atoms with Gasteiger partial charge in [0.1, 0.15) is 5.75 Å². The Kier molecular flexibility index (Phi) is 8.74. The van der Waals surface area contributed by atoms with E-state index in [2.05, 4.69) is 20.6 Å². The first-order valence-corrected chi connectivity index (χ1v) is 8.94. The van der Waals surface area contributed by atoms with Crippen molar-refractivity contribution in [2.75, 3.05) is 13.2 Å². The molecular formula is C19H22N6O3. The van der Waals surface area contributed by atoms with Crippen LogP contribution < -0.4 is 15.4 Å². The maximum absolute atomic E-state index is 10.7. The van der Waals surface area contributed by atoms with E-state index in [1.54, 1.807) is 36.7 Å². The Balaban J connectivity index is 1.61. The molecule has 1 heterocycles. The summed E-state index contributed by atoms with van der Waals surface area (Å²) in [5, 5.41) is 25.2. The third-order valence-electron chi connectivity index (χ3n) is 3.72. The van der Waals surface area contributed by atoms with Gasteiger partial charge in [0, 0.05) is 18.8 Å². The zero-order valence-corrected chi connectivity index (χ0v) is 15.4. The summed E-state index contributed by atoms with van der Waals surface area (Å²) in [6, 6.07) is 9.76. The minimum Gasteiger partial charge on any atom is -0.493 e. The largest absolute Gasteiger partial charge is 0.493 e. The topological polar surface area (TPSA) is 125 Å². The summed E-state index contributed by atoms with van der Waals surface area (Å²) in [4.78, 5) is 18.6. The first-order chi connectivity index (χ1) is 13.7. The molecule has 0 aliphatic rings. The number of nitrogens with zero attached hydrogens (tertiary/aromatic N) is 4. The highest BCUT2D eigenvalue weighted by Crippen LogP contribution is 2.19. The molecule has 0 bridgehead atoms. The summed E-state index contributed by atoms with van der Waals surface area (Å²) in [6.07, 6.45) is 8.86. The van der Waals surface area contributed by atoms with Gasteiger partial charge in [-0.1, -0.05) is 18.9 Å². The summed E-state index contributed by atoms with van der Waals surface area (Å²) < 4.78 is 5.55. The number of hydrogen-bond acceptors (Lipinski definition) is 6. The molecule has 0 fully saturated rings. The molecule has 0 saturated heterocycles. The van der Waals surface area contributed by atoms with Gasteiger partial charge in [0.2, 0.25) is 5.96 Å². The van der Waals surface area contributed by atoms with Gasteiger partial charge in [-0.05, 0) is 31.0 Å². The van der Waals surface area contributed by atoms with Crippen LogP contribution in [0.25, 0.3) is 0 Å². The number of hydrogen-bond donors (Lipinski definition) is 2. The average Bonchev–Trinajstić information content (AvgIpc) is 2.71. The highest BCUT2D eigenvalue weighted by molar-refractivity contribution is 5.83. The maximum Gasteiger partial charge on any atom is 0.273 e. The Morgan fingerprint density at radius 2 is 2.11 bits per heavy atom. The lowest BCUT2D eigenvalue weighted by Crippen LogP contribution is -2.34. The minimum absolute atomic E-state index is 0.0262. The number of nitro groups is 1. The molecule has 1 aromatic carbocycles. The summed E-state index contributed by atoms with van der Waals surface area (Å²) in [7, 11) is 0. The monoisotopic (exact) mass is 382 g/mol. The molecule has 28 heavy (non-hydrogen) atoms. The Hall–Kier alpha value is -3.67. The van der Waals surface area contributed by atoms with Crippen LogP contribution in [0.1, 0.15) is 25.7 Å². The van der Waals surface area contributed by atoms with Gasteiger partial charge >= 0.3 is 0 Å². The average molecular weight is 382 g/mol. The third-order valence-corrected chi connectivity index (χ3v) is 3.72. The van der Waals surface area contributed by atoms with Gasteiger partial charge < -0.3 is 10.1 Å². The number of guanidine groups is 1. The zero-order valence-electron chi connectivity index (χ0n) is 15.4. The molecule has 9 heteroatoms. The summed E-state index contributed by atoms with van der Waals surface area (Å²) in [5.74, 6) is 0.902. The highest BCUT2D eigenvalue weighted by Gasteiger charge is 2.06. The van der Waals surface area contributed by atoms with E-state index in [-0.39, 0.29) is 5.69 Å². The van der Waals surface area contributed by atoms with Gasteiger partial charge in [0.25, 0.3) is 5.69 Å². The van der Waals surface area contributed by atoms with Crippen LogP contribution in [-0.2, 0) is 0 Å². The molecule has 2 rings (SSSR count). The van der Waals surface area contributed by atoms with E-state index in [9.17, 15) is 10.1 Å². The number of non-ortho nitro benzene ring substituents is 1. The number of unbranched alkanes of at least 4 members (excludes halogenated alkanes) is 3. The zero-order chi connectivity index (χ0) is 20.0. The smallest absolute Gasteiger partial charge is 0.273 e. The molecule has 0 radical (unpaired) electrons. The summed E-state index contributed by atoms with van der Waals surface area (Å²) in [5.41, 5.74) is 0.685. The van der Waals surface area contributed by atoms with Crippen molar-refractivity contribution >= 4 is 17.3 Å². The molecule has 0 saturated carbocycles. The Morgan fingerprint density at radius 3 is 2.86 bits per heavy atom. The first-order valence-electron chi connectivity index (χ1n) is 8.94. The fourth-order valence-corrected chi connectivity index (χ4v) is 2.38. The van der Waals surface area contributed by atoms with Crippen LogP contribution in [0.2, 0.25) is 0 Å². The molecule has 1 aromatic heterocycles. The number of benzene rings is 1. The van der Waals surface area contributed by atoms with Crippen LogP contribution in [0.15, 0.2) is 53.8 Å². The van der Waals surface area contributed by atoms with Crippen molar-refractivity contribution in [3.63, 3.8) is 0 Å². The van der Waals surface area contributed by atoms with Crippen LogP contribution in [0.4, 0.5) is 11.4 Å². The van der Waals surface area contributed by atoms with E-state index in [1.165, 1.54) is 12.1 Å². The molecule has 0 spiro atoms. The van der Waals surface area contributed by atoms with E-state index in [4.69, 9.17) is 10.00 Å². The number of aromatic nitrogens is 1. The van der Waals surface area contributed by atoms with Gasteiger partial charge in [-0.3, -0.25) is 20.4 Å². The summed E-state index contributed by atoms with van der Waals surface area (Å²) in [6.45, 7) is 1.19. The molecule has 2 N–H and O–H groups in total. The van der Waals surface area contributed by atoms with E-state index >= 15 is 0 Å². The van der Waals surface area contributed by atoms with Gasteiger partial charge in [-0.15, -0.1) is 0 Å². The van der Waals surface area contributed by atoms with Gasteiger partial charge in [-0.25, -0.2) is 4.99 Å². The lowest BCUT2D eigenvalue weighted by atomic mass is 10.2. The van der Waals surface area contributed by atoms with Gasteiger partial charge in [-0.2, -0.15) is 5.26 Å². The number of nitro benzene ring substituents is 1. The Bertz CT molecular complexity index is 820. The quantitative estimate of drug-likeness (QED) is 0.123. The van der Waals surface area contributed by atoms with E-state index in [0.29, 0.717) is 30.5 Å². The Labute approximate surface area is 163 Å². The van der Waals surface area contributed by atoms with Crippen molar-refractivity contribution in [1.29, 1.82) is 5.26 Å². The van der Waals surface area contributed by atoms with Crippen molar-refractivity contribution in [1.82, 2.24) is 15.6 Å². The van der Waals surface area contributed by atoms with Gasteiger partial charge in [0.15, 0.2) is 6.19 Å². The van der Waals surface area contributed by atoms with Crippen molar-refractivity contribution < 1.29 is 9.66 Å². The van der Waals surface area contributed by atoms with E-state index in [1.807, 2.05) is 6.19 Å². The second-order valence-electron chi connectivity index (χ2n) is 5.85. The number of pyridine rings is 1. The maximum atomic E-state index is 10.7. The van der Waals surface area contributed by atoms with Crippen LogP contribution in [0.3, 0.4) is 0 Å². The fraction of sp³-hybridized carbons (Fsp3) is 0.316. The molecule has 9 nitrogen and oxygen atoms in total. The number of nitriles is 1. The summed E-state index contributed by atoms with van der Waals surface area (Å²) >= 11 is 0. The van der Waals surface area contributed by atoms with E-state index < -0.39 is 4.92 Å². The SMILES string of the molecule is N#CN/C(=N\c1cccnc1)NCCCCCCOc1cccc([N+](=O)[O-])c1.